The summed E-state index contributed by atoms with van der Waals surface area (Å²) in [6.45, 7) is 2.61. The van der Waals surface area contributed by atoms with E-state index >= 15 is 0 Å². The summed E-state index contributed by atoms with van der Waals surface area (Å²) in [5.41, 5.74) is 0.611. The molecule has 0 N–H and O–H groups in total. The molecule has 1 aliphatic heterocycles. The summed E-state index contributed by atoms with van der Waals surface area (Å²) in [5.74, 6) is 0.871. The number of nitriles is 1. The summed E-state index contributed by atoms with van der Waals surface area (Å²) >= 11 is 1.42. The molecule has 7 nitrogen and oxygen atoms in total. The van der Waals surface area contributed by atoms with Crippen LogP contribution in [-0.2, 0) is 6.54 Å². The molecule has 1 aliphatic rings. The first-order valence-electron chi connectivity index (χ1n) is 6.32. The average Bonchev–Trinajstić information content (AvgIpc) is 3.02. The van der Waals surface area contributed by atoms with Crippen LogP contribution in [0.1, 0.15) is 17.4 Å². The van der Waals surface area contributed by atoms with E-state index in [9.17, 15) is 0 Å². The van der Waals surface area contributed by atoms with Crippen molar-refractivity contribution in [3.05, 3.63) is 23.8 Å². The summed E-state index contributed by atoms with van der Waals surface area (Å²) in [7, 11) is 3.93. The average molecular weight is 289 g/mol. The Bertz CT molecular complexity index is 632. The maximum atomic E-state index is 8.78. The molecule has 2 aromatic rings. The van der Waals surface area contributed by atoms with E-state index in [0.717, 1.165) is 30.6 Å². The maximum Gasteiger partial charge on any atom is 0.204 e. The van der Waals surface area contributed by atoms with E-state index in [1.165, 1.54) is 11.5 Å². The third kappa shape index (κ3) is 2.50. The Morgan fingerprint density at radius 1 is 1.50 bits per heavy atom. The molecule has 104 valence electrons. The molecule has 0 aromatic carbocycles. The van der Waals surface area contributed by atoms with Crippen LogP contribution in [0.4, 0.5) is 5.13 Å². The lowest BCUT2D eigenvalue weighted by Crippen LogP contribution is -2.47. The van der Waals surface area contributed by atoms with Crippen LogP contribution in [0, 0.1) is 11.3 Å². The fourth-order valence-corrected chi connectivity index (χ4v) is 2.72. The largest absolute Gasteiger partial charge is 0.353 e. The van der Waals surface area contributed by atoms with Gasteiger partial charge in [-0.25, -0.2) is 4.98 Å². The number of anilines is 1. The first-order valence-corrected chi connectivity index (χ1v) is 7.09. The molecule has 8 heteroatoms. The summed E-state index contributed by atoms with van der Waals surface area (Å²) in [4.78, 5) is 8.72. The summed E-state index contributed by atoms with van der Waals surface area (Å²) in [6.07, 6.45) is 3.40. The highest BCUT2D eigenvalue weighted by atomic mass is 32.1. The SMILES string of the molecule is CN(C)c1nc(CN2CC(n3cc(C#N)cn3)C2)ns1. The van der Waals surface area contributed by atoms with Gasteiger partial charge in [0.2, 0.25) is 5.13 Å². The van der Waals surface area contributed by atoms with Crippen LogP contribution in [-0.4, -0.2) is 51.2 Å². The Morgan fingerprint density at radius 2 is 2.30 bits per heavy atom. The lowest BCUT2D eigenvalue weighted by molar-refractivity contribution is 0.0885. The second-order valence-corrected chi connectivity index (χ2v) is 5.79. The molecule has 0 atom stereocenters. The van der Waals surface area contributed by atoms with E-state index in [1.807, 2.05) is 23.7 Å². The lowest BCUT2D eigenvalue weighted by atomic mass is 10.1. The van der Waals surface area contributed by atoms with Gasteiger partial charge in [0.25, 0.3) is 0 Å². The second kappa shape index (κ2) is 5.19. The normalized spacial score (nSPS) is 15.8. The van der Waals surface area contributed by atoms with Crippen molar-refractivity contribution >= 4 is 16.7 Å². The van der Waals surface area contributed by atoms with Crippen molar-refractivity contribution in [2.45, 2.75) is 12.6 Å². The van der Waals surface area contributed by atoms with Crippen LogP contribution >= 0.6 is 11.5 Å². The van der Waals surface area contributed by atoms with Crippen molar-refractivity contribution in [3.63, 3.8) is 0 Å². The Hall–Kier alpha value is -1.98. The molecule has 0 aliphatic carbocycles. The molecule has 3 heterocycles. The molecular formula is C12H15N7S. The molecule has 1 fully saturated rings. The van der Waals surface area contributed by atoms with Crippen LogP contribution < -0.4 is 4.90 Å². The smallest absolute Gasteiger partial charge is 0.204 e. The fourth-order valence-electron chi connectivity index (χ4n) is 2.13. The van der Waals surface area contributed by atoms with Gasteiger partial charge in [-0.2, -0.15) is 14.7 Å². The molecule has 20 heavy (non-hydrogen) atoms. The van der Waals surface area contributed by atoms with E-state index < -0.39 is 0 Å². The van der Waals surface area contributed by atoms with Crippen LogP contribution in [0.25, 0.3) is 0 Å². The van der Waals surface area contributed by atoms with Gasteiger partial charge in [-0.1, -0.05) is 0 Å². The molecule has 0 spiro atoms. The molecule has 0 saturated carbocycles. The zero-order chi connectivity index (χ0) is 14.1. The van der Waals surface area contributed by atoms with E-state index in [-0.39, 0.29) is 0 Å². The third-order valence-corrected chi connectivity index (χ3v) is 4.17. The number of rotatable bonds is 4. The number of hydrogen-bond acceptors (Lipinski definition) is 7. The van der Waals surface area contributed by atoms with Gasteiger partial charge in [-0.3, -0.25) is 9.58 Å². The first-order chi connectivity index (χ1) is 9.65. The Morgan fingerprint density at radius 3 is 2.90 bits per heavy atom. The Kier molecular flexibility index (Phi) is 3.38. The highest BCUT2D eigenvalue weighted by Crippen LogP contribution is 2.23. The van der Waals surface area contributed by atoms with Gasteiger partial charge in [-0.05, 0) is 0 Å². The summed E-state index contributed by atoms with van der Waals surface area (Å²) < 4.78 is 6.23. The number of nitrogens with zero attached hydrogens (tertiary/aromatic N) is 7. The standard InChI is InChI=1S/C12H15N7S/c1-17(2)12-15-11(16-20-12)8-18-6-10(7-18)19-5-9(3-13)4-14-19/h4-5,10H,6-8H2,1-2H3. The Balaban J connectivity index is 1.54. The van der Waals surface area contributed by atoms with Gasteiger partial charge >= 0.3 is 0 Å². The van der Waals surface area contributed by atoms with E-state index in [1.54, 1.807) is 12.4 Å². The van der Waals surface area contributed by atoms with Crippen LogP contribution in [0.3, 0.4) is 0 Å². The van der Waals surface area contributed by atoms with Crippen molar-refractivity contribution in [2.75, 3.05) is 32.1 Å². The maximum absolute atomic E-state index is 8.78. The quantitative estimate of drug-likeness (QED) is 0.826. The minimum atomic E-state index is 0.351. The topological polar surface area (TPSA) is 73.9 Å². The van der Waals surface area contributed by atoms with Crippen molar-refractivity contribution in [1.82, 2.24) is 24.0 Å². The van der Waals surface area contributed by atoms with Gasteiger partial charge in [0.15, 0.2) is 5.82 Å². The first kappa shape index (κ1) is 13.0. The van der Waals surface area contributed by atoms with Gasteiger partial charge in [0.05, 0.1) is 24.3 Å². The molecule has 0 radical (unpaired) electrons. The molecular weight excluding hydrogens is 274 g/mol. The van der Waals surface area contributed by atoms with Crippen molar-refractivity contribution < 1.29 is 0 Å². The van der Waals surface area contributed by atoms with E-state index in [0.29, 0.717) is 11.6 Å². The van der Waals surface area contributed by atoms with Crippen molar-refractivity contribution in [3.8, 4) is 6.07 Å². The van der Waals surface area contributed by atoms with Crippen LogP contribution in [0.15, 0.2) is 12.4 Å². The predicted molar refractivity (Wildman–Crippen MR) is 75.5 cm³/mol. The molecule has 0 bridgehead atoms. The highest BCUT2D eigenvalue weighted by Gasteiger charge is 2.29. The predicted octanol–water partition coefficient (Wildman–Crippen LogP) is 0.729. The van der Waals surface area contributed by atoms with E-state index in [4.69, 9.17) is 5.26 Å². The molecule has 2 aromatic heterocycles. The number of likely N-dealkylation sites (tertiary alicyclic amines) is 1. The molecule has 1 saturated heterocycles. The number of hydrogen-bond donors (Lipinski definition) is 0. The highest BCUT2D eigenvalue weighted by molar-refractivity contribution is 7.09. The molecule has 3 rings (SSSR count). The van der Waals surface area contributed by atoms with E-state index in [2.05, 4.69) is 25.4 Å². The molecule has 0 amide bonds. The fraction of sp³-hybridized carbons (Fsp3) is 0.500. The lowest BCUT2D eigenvalue weighted by Gasteiger charge is -2.38. The Labute approximate surface area is 121 Å². The second-order valence-electron chi connectivity index (χ2n) is 5.06. The van der Waals surface area contributed by atoms with Crippen molar-refractivity contribution in [2.24, 2.45) is 0 Å². The van der Waals surface area contributed by atoms with Crippen LogP contribution in [0.2, 0.25) is 0 Å². The third-order valence-electron chi connectivity index (χ3n) is 3.25. The zero-order valence-electron chi connectivity index (χ0n) is 11.4. The summed E-state index contributed by atoms with van der Waals surface area (Å²) in [5, 5.41) is 13.9. The number of aromatic nitrogens is 4. The monoisotopic (exact) mass is 289 g/mol. The minimum absolute atomic E-state index is 0.351. The van der Waals surface area contributed by atoms with Gasteiger partial charge in [0.1, 0.15) is 6.07 Å². The van der Waals surface area contributed by atoms with Gasteiger partial charge in [-0.15, -0.1) is 0 Å². The van der Waals surface area contributed by atoms with Crippen molar-refractivity contribution in [1.29, 1.82) is 5.26 Å². The summed E-state index contributed by atoms with van der Waals surface area (Å²) in [6, 6.07) is 2.45. The van der Waals surface area contributed by atoms with Crippen LogP contribution in [0.5, 0.6) is 0 Å². The molecule has 0 unspecified atom stereocenters. The van der Waals surface area contributed by atoms with Gasteiger partial charge < -0.3 is 4.90 Å². The van der Waals surface area contributed by atoms with Gasteiger partial charge in [0, 0.05) is 44.9 Å². The minimum Gasteiger partial charge on any atom is -0.353 e. The zero-order valence-corrected chi connectivity index (χ0v) is 12.2.